The maximum atomic E-state index is 4.11. The van der Waals surface area contributed by atoms with Crippen molar-refractivity contribution in [3.05, 3.63) is 17.5 Å². The lowest BCUT2D eigenvalue weighted by atomic mass is 9.86. The smallest absolute Gasteiger partial charge is 0.0525 e. The van der Waals surface area contributed by atoms with Gasteiger partial charge in [0.25, 0.3) is 0 Å². The highest BCUT2D eigenvalue weighted by atomic mass is 79.9. The van der Waals surface area contributed by atoms with Crippen molar-refractivity contribution in [2.24, 2.45) is 0 Å². The number of hydrogen-bond acceptors (Lipinski definition) is 1. The zero-order valence-corrected chi connectivity index (χ0v) is 10.3. The summed E-state index contributed by atoms with van der Waals surface area (Å²) in [5.41, 5.74) is 2.73. The molecule has 0 aliphatic carbocycles. The van der Waals surface area contributed by atoms with E-state index in [2.05, 4.69) is 53.8 Å². The maximum absolute atomic E-state index is 4.11. The third-order valence-electron chi connectivity index (χ3n) is 2.18. The van der Waals surface area contributed by atoms with Crippen molar-refractivity contribution in [2.75, 3.05) is 5.33 Å². The average molecular weight is 245 g/mol. The Morgan fingerprint density at radius 2 is 2.15 bits per heavy atom. The Morgan fingerprint density at radius 3 is 2.62 bits per heavy atom. The van der Waals surface area contributed by atoms with Gasteiger partial charge in [0.1, 0.15) is 0 Å². The largest absolute Gasteiger partial charge is 0.282 e. The lowest BCUT2D eigenvalue weighted by Gasteiger charge is -2.20. The molecule has 0 amide bonds. The second kappa shape index (κ2) is 3.82. The van der Waals surface area contributed by atoms with Crippen LogP contribution in [0.3, 0.4) is 0 Å². The first-order chi connectivity index (χ1) is 5.96. The SMILES string of the molecule is CC(CBr)c1cn[nH]c1C(C)(C)C. The minimum Gasteiger partial charge on any atom is -0.282 e. The Balaban J connectivity index is 3.03. The number of halogens is 1. The minimum absolute atomic E-state index is 0.155. The highest BCUT2D eigenvalue weighted by molar-refractivity contribution is 9.09. The molecule has 13 heavy (non-hydrogen) atoms. The number of nitrogens with zero attached hydrogens (tertiary/aromatic N) is 1. The standard InChI is InChI=1S/C10H17BrN2/c1-7(5-11)8-6-12-13-9(8)10(2,3)4/h6-7H,5H2,1-4H3,(H,12,13). The molecule has 0 saturated heterocycles. The van der Waals surface area contributed by atoms with Crippen LogP contribution in [0.4, 0.5) is 0 Å². The van der Waals surface area contributed by atoms with Gasteiger partial charge in [-0.05, 0) is 11.5 Å². The van der Waals surface area contributed by atoms with Crippen LogP contribution >= 0.6 is 15.9 Å². The topological polar surface area (TPSA) is 28.7 Å². The van der Waals surface area contributed by atoms with Crippen LogP contribution in [0.1, 0.15) is 44.9 Å². The molecule has 1 N–H and O–H groups in total. The van der Waals surface area contributed by atoms with Gasteiger partial charge in [0.05, 0.1) is 6.20 Å². The molecule has 0 radical (unpaired) electrons. The molecule has 0 spiro atoms. The van der Waals surface area contributed by atoms with Gasteiger partial charge in [-0.15, -0.1) is 0 Å². The van der Waals surface area contributed by atoms with Crippen LogP contribution in [0, 0.1) is 0 Å². The summed E-state index contributed by atoms with van der Waals surface area (Å²) in [5, 5.41) is 8.18. The molecular weight excluding hydrogens is 228 g/mol. The van der Waals surface area contributed by atoms with Crippen LogP contribution in [0.5, 0.6) is 0 Å². The van der Waals surface area contributed by atoms with E-state index in [9.17, 15) is 0 Å². The monoisotopic (exact) mass is 244 g/mol. The predicted molar refractivity (Wildman–Crippen MR) is 59.5 cm³/mol. The van der Waals surface area contributed by atoms with Crippen LogP contribution in [0.2, 0.25) is 0 Å². The summed E-state index contributed by atoms with van der Waals surface area (Å²) in [6.07, 6.45) is 1.94. The summed E-state index contributed by atoms with van der Waals surface area (Å²) in [7, 11) is 0. The molecule has 0 saturated carbocycles. The summed E-state index contributed by atoms with van der Waals surface area (Å²) in [6.45, 7) is 8.80. The second-order valence-corrected chi connectivity index (χ2v) is 5.15. The fraction of sp³-hybridized carbons (Fsp3) is 0.700. The van der Waals surface area contributed by atoms with E-state index in [0.717, 1.165) is 5.33 Å². The van der Waals surface area contributed by atoms with E-state index < -0.39 is 0 Å². The van der Waals surface area contributed by atoms with E-state index in [4.69, 9.17) is 0 Å². The maximum Gasteiger partial charge on any atom is 0.0525 e. The number of nitrogens with one attached hydrogen (secondary N) is 1. The second-order valence-electron chi connectivity index (χ2n) is 4.51. The number of rotatable bonds is 2. The molecule has 0 aromatic carbocycles. The summed E-state index contributed by atoms with van der Waals surface area (Å²) >= 11 is 3.50. The summed E-state index contributed by atoms with van der Waals surface area (Å²) in [5.74, 6) is 0.521. The van der Waals surface area contributed by atoms with Crippen molar-refractivity contribution in [3.8, 4) is 0 Å². The first-order valence-electron chi connectivity index (χ1n) is 4.56. The Labute approximate surface area is 88.3 Å². The summed E-state index contributed by atoms with van der Waals surface area (Å²) in [4.78, 5) is 0. The Hall–Kier alpha value is -0.310. The zero-order chi connectivity index (χ0) is 10.1. The van der Waals surface area contributed by atoms with Gasteiger partial charge in [-0.25, -0.2) is 0 Å². The van der Waals surface area contributed by atoms with Gasteiger partial charge in [0.15, 0.2) is 0 Å². The van der Waals surface area contributed by atoms with E-state index in [1.807, 2.05) is 6.20 Å². The number of aromatic nitrogens is 2. The molecule has 1 unspecified atom stereocenters. The van der Waals surface area contributed by atoms with Crippen LogP contribution in [0.15, 0.2) is 6.20 Å². The molecule has 2 nitrogen and oxygen atoms in total. The van der Waals surface area contributed by atoms with E-state index in [0.29, 0.717) is 5.92 Å². The molecule has 0 aliphatic rings. The molecule has 0 aliphatic heterocycles. The van der Waals surface area contributed by atoms with Crippen LogP contribution < -0.4 is 0 Å². The Kier molecular flexibility index (Phi) is 3.17. The van der Waals surface area contributed by atoms with Crippen molar-refractivity contribution < 1.29 is 0 Å². The Bertz CT molecular complexity index is 273. The normalized spacial score (nSPS) is 14.5. The molecule has 1 aromatic rings. The first kappa shape index (κ1) is 10.8. The highest BCUT2D eigenvalue weighted by Crippen LogP contribution is 2.29. The van der Waals surface area contributed by atoms with Crippen LogP contribution in [0.25, 0.3) is 0 Å². The number of aromatic amines is 1. The molecular formula is C10H17BrN2. The van der Waals surface area contributed by atoms with Gasteiger partial charge >= 0.3 is 0 Å². The lowest BCUT2D eigenvalue weighted by molar-refractivity contribution is 0.556. The van der Waals surface area contributed by atoms with Crippen LogP contribution in [-0.4, -0.2) is 15.5 Å². The quantitative estimate of drug-likeness (QED) is 0.796. The van der Waals surface area contributed by atoms with Gasteiger partial charge in [0, 0.05) is 16.4 Å². The van der Waals surface area contributed by atoms with Crippen LogP contribution in [-0.2, 0) is 5.41 Å². The predicted octanol–water partition coefficient (Wildman–Crippen LogP) is 3.21. The van der Waals surface area contributed by atoms with E-state index in [1.54, 1.807) is 0 Å². The lowest BCUT2D eigenvalue weighted by Crippen LogP contribution is -2.15. The molecule has 74 valence electrons. The van der Waals surface area contributed by atoms with Crippen molar-refractivity contribution in [1.82, 2.24) is 10.2 Å². The average Bonchev–Trinajstić information content (AvgIpc) is 2.49. The molecule has 1 aromatic heterocycles. The summed E-state index contributed by atoms with van der Waals surface area (Å²) < 4.78 is 0. The van der Waals surface area contributed by atoms with Crippen molar-refractivity contribution in [3.63, 3.8) is 0 Å². The minimum atomic E-state index is 0.155. The van der Waals surface area contributed by atoms with E-state index in [-0.39, 0.29) is 5.41 Å². The molecule has 3 heteroatoms. The van der Waals surface area contributed by atoms with E-state index >= 15 is 0 Å². The highest BCUT2D eigenvalue weighted by Gasteiger charge is 2.22. The fourth-order valence-electron chi connectivity index (χ4n) is 1.35. The third-order valence-corrected chi connectivity index (χ3v) is 3.15. The van der Waals surface area contributed by atoms with Crippen molar-refractivity contribution >= 4 is 15.9 Å². The fourth-order valence-corrected chi connectivity index (χ4v) is 1.70. The van der Waals surface area contributed by atoms with Gasteiger partial charge in [-0.1, -0.05) is 43.6 Å². The molecule has 0 bridgehead atoms. The Morgan fingerprint density at radius 1 is 1.54 bits per heavy atom. The van der Waals surface area contributed by atoms with Crippen molar-refractivity contribution in [2.45, 2.75) is 39.0 Å². The molecule has 0 fully saturated rings. The van der Waals surface area contributed by atoms with Gasteiger partial charge in [-0.3, -0.25) is 5.10 Å². The molecule has 1 rings (SSSR count). The van der Waals surface area contributed by atoms with Gasteiger partial charge < -0.3 is 0 Å². The van der Waals surface area contributed by atoms with Gasteiger partial charge in [0.2, 0.25) is 0 Å². The molecule has 1 heterocycles. The van der Waals surface area contributed by atoms with Gasteiger partial charge in [-0.2, -0.15) is 5.10 Å². The van der Waals surface area contributed by atoms with E-state index in [1.165, 1.54) is 11.3 Å². The molecule has 1 atom stereocenters. The third kappa shape index (κ3) is 2.33. The first-order valence-corrected chi connectivity index (χ1v) is 5.68. The number of H-pyrrole nitrogens is 1. The van der Waals surface area contributed by atoms with Crippen molar-refractivity contribution in [1.29, 1.82) is 0 Å². The summed E-state index contributed by atoms with van der Waals surface area (Å²) in [6, 6.07) is 0. The zero-order valence-electron chi connectivity index (χ0n) is 8.69. The number of alkyl halides is 1. The number of hydrogen-bond donors (Lipinski definition) is 1.